The van der Waals surface area contributed by atoms with Crippen LogP contribution in [0.25, 0.3) is 6.08 Å². The Morgan fingerprint density at radius 2 is 1.83 bits per heavy atom. The number of methoxy groups -OCH3 is 1. The molecule has 1 fully saturated rings. The first-order valence-electron chi connectivity index (χ1n) is 7.31. The Morgan fingerprint density at radius 1 is 1.12 bits per heavy atom. The molecule has 6 heteroatoms. The Balaban J connectivity index is 1.86. The summed E-state index contributed by atoms with van der Waals surface area (Å²) >= 11 is 0. The minimum Gasteiger partial charge on any atom is -0.496 e. The second-order valence-corrected chi connectivity index (χ2v) is 5.21. The normalized spacial score (nSPS) is 15.8. The van der Waals surface area contributed by atoms with Crippen LogP contribution in [-0.2, 0) is 11.3 Å². The number of halogens is 1. The second-order valence-electron chi connectivity index (χ2n) is 5.21. The number of carbonyl (C=O) groups is 2. The average molecular weight is 326 g/mol. The van der Waals surface area contributed by atoms with Gasteiger partial charge in [-0.2, -0.15) is 0 Å². The van der Waals surface area contributed by atoms with Gasteiger partial charge in [0.2, 0.25) is 0 Å². The number of hydrogen-bond donors (Lipinski definition) is 1. The van der Waals surface area contributed by atoms with Crippen LogP contribution in [0.15, 0.2) is 54.2 Å². The largest absolute Gasteiger partial charge is 0.496 e. The van der Waals surface area contributed by atoms with Gasteiger partial charge in [-0.05, 0) is 18.2 Å². The Labute approximate surface area is 138 Å². The molecule has 0 radical (unpaired) electrons. The van der Waals surface area contributed by atoms with Crippen molar-refractivity contribution in [2.45, 2.75) is 6.54 Å². The summed E-state index contributed by atoms with van der Waals surface area (Å²) in [7, 11) is 1.52. The van der Waals surface area contributed by atoms with Gasteiger partial charge in [-0.15, -0.1) is 0 Å². The van der Waals surface area contributed by atoms with Crippen molar-refractivity contribution in [3.05, 3.63) is 71.2 Å². The molecule has 1 aliphatic rings. The van der Waals surface area contributed by atoms with E-state index in [9.17, 15) is 14.0 Å². The van der Waals surface area contributed by atoms with Crippen molar-refractivity contribution in [1.29, 1.82) is 0 Å². The highest BCUT2D eigenvalue weighted by molar-refractivity contribution is 6.14. The van der Waals surface area contributed by atoms with E-state index in [2.05, 4.69) is 5.32 Å². The fourth-order valence-electron chi connectivity index (χ4n) is 2.45. The summed E-state index contributed by atoms with van der Waals surface area (Å²) < 4.78 is 19.0. The zero-order valence-electron chi connectivity index (χ0n) is 13.0. The number of hydrogen-bond acceptors (Lipinski definition) is 3. The Bertz CT molecular complexity index is 833. The third-order valence-corrected chi connectivity index (χ3v) is 3.69. The first-order valence-corrected chi connectivity index (χ1v) is 7.31. The molecule has 0 spiro atoms. The summed E-state index contributed by atoms with van der Waals surface area (Å²) in [5.41, 5.74) is 1.07. The number of ether oxygens (including phenoxy) is 1. The molecule has 24 heavy (non-hydrogen) atoms. The van der Waals surface area contributed by atoms with Crippen molar-refractivity contribution in [2.75, 3.05) is 7.11 Å². The number of para-hydroxylation sites is 1. The van der Waals surface area contributed by atoms with E-state index in [4.69, 9.17) is 4.74 Å². The molecule has 0 aromatic heterocycles. The van der Waals surface area contributed by atoms with Gasteiger partial charge in [0.05, 0.1) is 13.7 Å². The van der Waals surface area contributed by atoms with Crippen LogP contribution in [-0.4, -0.2) is 23.9 Å². The van der Waals surface area contributed by atoms with Crippen molar-refractivity contribution >= 4 is 18.0 Å². The third kappa shape index (κ3) is 2.99. The van der Waals surface area contributed by atoms with Crippen LogP contribution >= 0.6 is 0 Å². The topological polar surface area (TPSA) is 58.6 Å². The predicted molar refractivity (Wildman–Crippen MR) is 86.5 cm³/mol. The van der Waals surface area contributed by atoms with Crippen molar-refractivity contribution < 1.29 is 18.7 Å². The highest BCUT2D eigenvalue weighted by Gasteiger charge is 2.34. The maximum Gasteiger partial charge on any atom is 0.329 e. The van der Waals surface area contributed by atoms with Crippen LogP contribution < -0.4 is 10.1 Å². The van der Waals surface area contributed by atoms with Crippen LogP contribution in [0.5, 0.6) is 5.75 Å². The number of carbonyl (C=O) groups excluding carboxylic acids is 2. The molecule has 0 unspecified atom stereocenters. The number of rotatable bonds is 4. The first-order chi connectivity index (χ1) is 11.6. The van der Waals surface area contributed by atoms with Gasteiger partial charge in [0, 0.05) is 11.1 Å². The SMILES string of the molecule is COc1ccccc1C=C1NC(=O)N(Cc2ccccc2F)C1=O. The van der Waals surface area contributed by atoms with Crippen LogP contribution in [0.4, 0.5) is 9.18 Å². The lowest BCUT2D eigenvalue weighted by Crippen LogP contribution is -2.30. The number of imide groups is 1. The summed E-state index contributed by atoms with van der Waals surface area (Å²) in [5, 5.41) is 2.51. The predicted octanol–water partition coefficient (Wildman–Crippen LogP) is 2.93. The van der Waals surface area contributed by atoms with E-state index in [1.807, 2.05) is 0 Å². The molecule has 3 amide bonds. The van der Waals surface area contributed by atoms with Crippen molar-refractivity contribution in [1.82, 2.24) is 10.2 Å². The monoisotopic (exact) mass is 326 g/mol. The lowest BCUT2D eigenvalue weighted by atomic mass is 10.1. The smallest absolute Gasteiger partial charge is 0.329 e. The number of nitrogens with zero attached hydrogens (tertiary/aromatic N) is 1. The van der Waals surface area contributed by atoms with Gasteiger partial charge in [0.1, 0.15) is 17.3 Å². The summed E-state index contributed by atoms with van der Waals surface area (Å²) in [6, 6.07) is 12.6. The highest BCUT2D eigenvalue weighted by atomic mass is 19.1. The summed E-state index contributed by atoms with van der Waals surface area (Å²) in [5.74, 6) is -0.381. The molecular formula is C18H15FN2O3. The van der Waals surface area contributed by atoms with Crippen molar-refractivity contribution in [2.24, 2.45) is 0 Å². The number of nitrogens with one attached hydrogen (secondary N) is 1. The third-order valence-electron chi connectivity index (χ3n) is 3.69. The van der Waals surface area contributed by atoms with Gasteiger partial charge in [-0.1, -0.05) is 36.4 Å². The molecule has 1 aliphatic heterocycles. The van der Waals surface area contributed by atoms with Gasteiger partial charge in [0.15, 0.2) is 0 Å². The van der Waals surface area contributed by atoms with Crippen LogP contribution in [0, 0.1) is 5.82 Å². The van der Waals surface area contributed by atoms with E-state index in [1.165, 1.54) is 19.2 Å². The highest BCUT2D eigenvalue weighted by Crippen LogP contribution is 2.23. The number of amides is 3. The maximum absolute atomic E-state index is 13.7. The molecule has 0 saturated carbocycles. The fourth-order valence-corrected chi connectivity index (χ4v) is 2.45. The van der Waals surface area contributed by atoms with E-state index in [0.717, 1.165) is 4.90 Å². The van der Waals surface area contributed by atoms with E-state index in [1.54, 1.807) is 42.5 Å². The lowest BCUT2D eigenvalue weighted by Gasteiger charge is -2.12. The van der Waals surface area contributed by atoms with Crippen molar-refractivity contribution in [3.8, 4) is 5.75 Å². The zero-order valence-corrected chi connectivity index (χ0v) is 13.0. The molecule has 0 aliphatic carbocycles. The fraction of sp³-hybridized carbons (Fsp3) is 0.111. The van der Waals surface area contributed by atoms with Crippen LogP contribution in [0.1, 0.15) is 11.1 Å². The molecule has 3 rings (SSSR count). The van der Waals surface area contributed by atoms with E-state index in [0.29, 0.717) is 11.3 Å². The molecule has 5 nitrogen and oxygen atoms in total. The molecule has 0 atom stereocenters. The van der Waals surface area contributed by atoms with Gasteiger partial charge in [-0.25, -0.2) is 9.18 Å². The Kier molecular flexibility index (Phi) is 4.29. The van der Waals surface area contributed by atoms with Gasteiger partial charge in [0.25, 0.3) is 5.91 Å². The molecule has 122 valence electrons. The molecule has 1 N–H and O–H groups in total. The zero-order chi connectivity index (χ0) is 17.1. The van der Waals surface area contributed by atoms with Crippen LogP contribution in [0.2, 0.25) is 0 Å². The average Bonchev–Trinajstić information content (AvgIpc) is 2.85. The Hall–Kier alpha value is -3.15. The summed E-state index contributed by atoms with van der Waals surface area (Å²) in [4.78, 5) is 25.5. The number of urea groups is 1. The van der Waals surface area contributed by atoms with Crippen LogP contribution in [0.3, 0.4) is 0 Å². The lowest BCUT2D eigenvalue weighted by molar-refractivity contribution is -0.123. The molecular weight excluding hydrogens is 311 g/mol. The van der Waals surface area contributed by atoms with Gasteiger partial charge in [-0.3, -0.25) is 9.69 Å². The molecule has 1 saturated heterocycles. The number of benzene rings is 2. The van der Waals surface area contributed by atoms with Gasteiger partial charge < -0.3 is 10.1 Å². The quantitative estimate of drug-likeness (QED) is 0.694. The maximum atomic E-state index is 13.7. The van der Waals surface area contributed by atoms with E-state index >= 15 is 0 Å². The molecule has 1 heterocycles. The minimum atomic E-state index is -0.579. The van der Waals surface area contributed by atoms with Gasteiger partial charge >= 0.3 is 6.03 Å². The minimum absolute atomic E-state index is 0.124. The summed E-state index contributed by atoms with van der Waals surface area (Å²) in [6.45, 7) is -0.124. The summed E-state index contributed by atoms with van der Waals surface area (Å²) in [6.07, 6.45) is 1.54. The molecule has 0 bridgehead atoms. The molecule has 2 aromatic carbocycles. The second kappa shape index (κ2) is 6.54. The Morgan fingerprint density at radius 3 is 2.58 bits per heavy atom. The van der Waals surface area contributed by atoms with E-state index < -0.39 is 17.8 Å². The first kappa shape index (κ1) is 15.7. The van der Waals surface area contributed by atoms with E-state index in [-0.39, 0.29) is 17.8 Å². The molecule has 2 aromatic rings. The van der Waals surface area contributed by atoms with Crippen molar-refractivity contribution in [3.63, 3.8) is 0 Å². The standard InChI is InChI=1S/C18H15FN2O3/c1-24-16-9-5-3-6-12(16)10-15-17(22)21(18(23)20-15)11-13-7-2-4-8-14(13)19/h2-10H,11H2,1H3,(H,20,23).